The molecule has 1 heterocycles. The number of ether oxygens (including phenoxy) is 2. The Balaban J connectivity index is 2.00. The van der Waals surface area contributed by atoms with Gasteiger partial charge in [-0.2, -0.15) is 11.8 Å². The van der Waals surface area contributed by atoms with E-state index in [0.29, 0.717) is 11.3 Å². The van der Waals surface area contributed by atoms with Gasteiger partial charge in [0.15, 0.2) is 5.76 Å². The van der Waals surface area contributed by atoms with Gasteiger partial charge >= 0.3 is 11.9 Å². The number of nitrogens with one attached hydrogen (secondary N) is 1. The minimum absolute atomic E-state index is 0.111. The van der Waals surface area contributed by atoms with E-state index in [1.807, 2.05) is 24.5 Å². The first-order chi connectivity index (χ1) is 14.0. The van der Waals surface area contributed by atoms with Crippen LogP contribution in [0.15, 0.2) is 46.9 Å². The summed E-state index contributed by atoms with van der Waals surface area (Å²) >= 11 is 1.57. The number of furan rings is 1. The van der Waals surface area contributed by atoms with Gasteiger partial charge in [-0.05, 0) is 30.5 Å². The molecule has 0 aliphatic carbocycles. The largest absolute Gasteiger partial charge is 0.465 e. The van der Waals surface area contributed by atoms with Crippen molar-refractivity contribution < 1.29 is 28.3 Å². The van der Waals surface area contributed by atoms with Crippen LogP contribution in [0.1, 0.15) is 36.8 Å². The minimum atomic E-state index is -0.641. The molecule has 1 amide bonds. The number of fused-ring (bicyclic) bond motifs is 1. The number of amides is 1. The number of rotatable bonds is 6. The van der Waals surface area contributed by atoms with E-state index in [2.05, 4.69) is 5.32 Å². The van der Waals surface area contributed by atoms with Gasteiger partial charge in [-0.1, -0.05) is 18.2 Å². The summed E-state index contributed by atoms with van der Waals surface area (Å²) < 4.78 is 15.2. The quantitative estimate of drug-likeness (QED) is 0.607. The molecule has 0 aliphatic rings. The van der Waals surface area contributed by atoms with E-state index >= 15 is 0 Å². The fourth-order valence-corrected chi connectivity index (χ4v) is 3.50. The van der Waals surface area contributed by atoms with E-state index in [1.54, 1.807) is 17.8 Å². The number of anilines is 1. The number of hydrogen-bond donors (Lipinski definition) is 1. The SMILES string of the molecule is COC(=O)c1cc(NC(=O)c2oc3ccccc3c2CSC)cc(C(=O)OC)c1. The van der Waals surface area contributed by atoms with Gasteiger partial charge in [0.1, 0.15) is 5.58 Å². The van der Waals surface area contributed by atoms with E-state index in [1.165, 1.54) is 32.4 Å². The van der Waals surface area contributed by atoms with Gasteiger partial charge in [0.05, 0.1) is 25.3 Å². The predicted octanol–water partition coefficient (Wildman–Crippen LogP) is 4.12. The number of carbonyl (C=O) groups is 3. The number of methoxy groups -OCH3 is 2. The van der Waals surface area contributed by atoms with Crippen LogP contribution in [-0.4, -0.2) is 38.3 Å². The highest BCUT2D eigenvalue weighted by molar-refractivity contribution is 7.97. The maximum Gasteiger partial charge on any atom is 0.337 e. The summed E-state index contributed by atoms with van der Waals surface area (Å²) in [6, 6.07) is 11.6. The Morgan fingerprint density at radius 2 is 1.62 bits per heavy atom. The van der Waals surface area contributed by atoms with Crippen LogP contribution in [0.2, 0.25) is 0 Å². The van der Waals surface area contributed by atoms with Crippen molar-refractivity contribution in [2.24, 2.45) is 0 Å². The Kier molecular flexibility index (Phi) is 6.23. The minimum Gasteiger partial charge on any atom is -0.465 e. The molecule has 29 heavy (non-hydrogen) atoms. The topological polar surface area (TPSA) is 94.8 Å². The van der Waals surface area contributed by atoms with Crippen molar-refractivity contribution in [3.8, 4) is 0 Å². The van der Waals surface area contributed by atoms with Crippen LogP contribution >= 0.6 is 11.8 Å². The first-order valence-corrected chi connectivity index (χ1v) is 10.00. The Labute approximate surface area is 171 Å². The Morgan fingerprint density at radius 3 is 2.21 bits per heavy atom. The predicted molar refractivity (Wildman–Crippen MR) is 111 cm³/mol. The Bertz CT molecular complexity index is 1050. The molecule has 2 aromatic carbocycles. The molecule has 0 aliphatic heterocycles. The maximum atomic E-state index is 12.9. The van der Waals surface area contributed by atoms with Crippen molar-refractivity contribution in [3.63, 3.8) is 0 Å². The summed E-state index contributed by atoms with van der Waals surface area (Å²) in [5.74, 6) is -0.988. The molecule has 0 fully saturated rings. The molecule has 0 saturated carbocycles. The molecule has 0 unspecified atom stereocenters. The summed E-state index contributed by atoms with van der Waals surface area (Å²) in [5, 5.41) is 3.57. The lowest BCUT2D eigenvalue weighted by Gasteiger charge is -2.09. The van der Waals surface area contributed by atoms with E-state index in [0.717, 1.165) is 10.9 Å². The number of para-hydroxylation sites is 1. The molecule has 0 atom stereocenters. The summed E-state index contributed by atoms with van der Waals surface area (Å²) in [5.41, 5.74) is 1.86. The molecule has 0 spiro atoms. The van der Waals surface area contributed by atoms with Crippen LogP contribution in [-0.2, 0) is 15.2 Å². The monoisotopic (exact) mass is 413 g/mol. The molecule has 3 rings (SSSR count). The molecular formula is C21H19NO6S. The molecule has 0 bridgehead atoms. The van der Waals surface area contributed by atoms with Crippen molar-refractivity contribution in [3.05, 3.63) is 64.9 Å². The first kappa shape index (κ1) is 20.5. The highest BCUT2D eigenvalue weighted by Gasteiger charge is 2.21. The van der Waals surface area contributed by atoms with Crippen LogP contribution in [0.3, 0.4) is 0 Å². The van der Waals surface area contributed by atoms with Gasteiger partial charge < -0.3 is 19.2 Å². The lowest BCUT2D eigenvalue weighted by Crippen LogP contribution is -2.15. The molecule has 8 heteroatoms. The highest BCUT2D eigenvalue weighted by atomic mass is 32.2. The zero-order valence-corrected chi connectivity index (χ0v) is 16.9. The summed E-state index contributed by atoms with van der Waals surface area (Å²) in [6.45, 7) is 0. The Hall–Kier alpha value is -3.26. The van der Waals surface area contributed by atoms with Gasteiger partial charge in [-0.15, -0.1) is 0 Å². The molecule has 150 valence electrons. The average molecular weight is 413 g/mol. The summed E-state index contributed by atoms with van der Waals surface area (Å²) in [4.78, 5) is 36.8. The number of carbonyl (C=O) groups excluding carboxylic acids is 3. The van der Waals surface area contributed by atoms with Crippen molar-refractivity contribution in [2.45, 2.75) is 5.75 Å². The molecule has 3 aromatic rings. The fourth-order valence-electron chi connectivity index (χ4n) is 2.93. The summed E-state index contributed by atoms with van der Waals surface area (Å²) in [7, 11) is 2.46. The van der Waals surface area contributed by atoms with Crippen LogP contribution in [0, 0.1) is 0 Å². The molecule has 0 radical (unpaired) electrons. The average Bonchev–Trinajstić information content (AvgIpc) is 3.11. The standard InChI is InChI=1S/C21H19NO6S/c1-26-20(24)12-8-13(21(25)27-2)10-14(9-12)22-19(23)18-16(11-29-3)15-6-4-5-7-17(15)28-18/h4-10H,11H2,1-3H3,(H,22,23). The van der Waals surface area contributed by atoms with E-state index in [-0.39, 0.29) is 22.6 Å². The second-order valence-corrected chi connectivity index (χ2v) is 6.94. The van der Waals surface area contributed by atoms with Crippen molar-refractivity contribution in [2.75, 3.05) is 25.8 Å². The van der Waals surface area contributed by atoms with Gasteiger partial charge in [-0.3, -0.25) is 4.79 Å². The third-order valence-electron chi connectivity index (χ3n) is 4.23. The van der Waals surface area contributed by atoms with Crippen LogP contribution in [0.4, 0.5) is 5.69 Å². The van der Waals surface area contributed by atoms with Crippen LogP contribution in [0.25, 0.3) is 11.0 Å². The van der Waals surface area contributed by atoms with E-state index in [4.69, 9.17) is 13.9 Å². The molecule has 1 aromatic heterocycles. The van der Waals surface area contributed by atoms with Gasteiger partial charge in [-0.25, -0.2) is 9.59 Å². The second-order valence-electron chi connectivity index (χ2n) is 6.08. The molecule has 0 saturated heterocycles. The second kappa shape index (κ2) is 8.83. The van der Waals surface area contributed by atoms with Crippen molar-refractivity contribution in [1.82, 2.24) is 0 Å². The zero-order valence-electron chi connectivity index (χ0n) is 16.1. The maximum absolute atomic E-state index is 12.9. The lowest BCUT2D eigenvalue weighted by atomic mass is 10.1. The third-order valence-corrected chi connectivity index (χ3v) is 4.80. The smallest absolute Gasteiger partial charge is 0.337 e. The van der Waals surface area contributed by atoms with Crippen LogP contribution in [0.5, 0.6) is 0 Å². The van der Waals surface area contributed by atoms with Gasteiger partial charge in [0.2, 0.25) is 0 Å². The molecular weight excluding hydrogens is 394 g/mol. The van der Waals surface area contributed by atoms with Crippen LogP contribution < -0.4 is 5.32 Å². The van der Waals surface area contributed by atoms with Crippen molar-refractivity contribution >= 4 is 46.3 Å². The normalized spacial score (nSPS) is 10.6. The van der Waals surface area contributed by atoms with Gasteiger partial charge in [0.25, 0.3) is 5.91 Å². The third kappa shape index (κ3) is 4.27. The lowest BCUT2D eigenvalue weighted by molar-refractivity contribution is 0.0599. The Morgan fingerprint density at radius 1 is 1.00 bits per heavy atom. The van der Waals surface area contributed by atoms with Crippen molar-refractivity contribution in [1.29, 1.82) is 0 Å². The first-order valence-electron chi connectivity index (χ1n) is 8.61. The number of hydrogen-bond acceptors (Lipinski definition) is 7. The number of esters is 2. The highest BCUT2D eigenvalue weighted by Crippen LogP contribution is 2.29. The summed E-state index contributed by atoms with van der Waals surface area (Å²) in [6.07, 6.45) is 1.94. The number of benzene rings is 2. The van der Waals surface area contributed by atoms with E-state index < -0.39 is 17.8 Å². The zero-order chi connectivity index (χ0) is 21.0. The fraction of sp³-hybridized carbons (Fsp3) is 0.190. The molecule has 7 nitrogen and oxygen atoms in total. The van der Waals surface area contributed by atoms with E-state index in [9.17, 15) is 14.4 Å². The van der Waals surface area contributed by atoms with Gasteiger partial charge in [0, 0.05) is 22.4 Å². The molecule has 1 N–H and O–H groups in total. The number of thioether (sulfide) groups is 1.